The number of hydrogen-bond acceptors (Lipinski definition) is 6. The molecule has 1 aromatic carbocycles. The Kier molecular flexibility index (Phi) is 5.43. The van der Waals surface area contributed by atoms with Crippen LogP contribution < -0.4 is 4.72 Å². The smallest absolute Gasteiger partial charge is 0.244 e. The first kappa shape index (κ1) is 19.2. The van der Waals surface area contributed by atoms with Crippen LogP contribution in [0.2, 0.25) is 0 Å². The summed E-state index contributed by atoms with van der Waals surface area (Å²) in [5, 5.41) is 8.22. The third-order valence-electron chi connectivity index (χ3n) is 4.27. The van der Waals surface area contributed by atoms with Crippen LogP contribution in [0.1, 0.15) is 48.6 Å². The highest BCUT2D eigenvalue weighted by Gasteiger charge is 2.28. The fourth-order valence-corrected chi connectivity index (χ4v) is 4.62. The second kappa shape index (κ2) is 7.61. The Labute approximate surface area is 158 Å². The predicted molar refractivity (Wildman–Crippen MR) is 99.7 cm³/mol. The molecule has 0 fully saturated rings. The van der Waals surface area contributed by atoms with Gasteiger partial charge in [-0.15, -0.1) is 0 Å². The standard InChI is InChI=1S/C18H23N5O3S/c1-5-23-14(4)17(12(2)20-23)27(24,25)22-13(3)18-19-16(21-26-18)11-15-9-7-6-8-10-15/h6-10,13,22H,5,11H2,1-4H3/t13-/m0/s1. The van der Waals surface area contributed by atoms with Gasteiger partial charge in [-0.25, -0.2) is 8.42 Å². The van der Waals surface area contributed by atoms with Crippen LogP contribution >= 0.6 is 0 Å². The van der Waals surface area contributed by atoms with Crippen molar-refractivity contribution in [2.45, 2.75) is 51.6 Å². The van der Waals surface area contributed by atoms with E-state index in [4.69, 9.17) is 4.52 Å². The quantitative estimate of drug-likeness (QED) is 0.666. The van der Waals surface area contributed by atoms with Crippen molar-refractivity contribution in [1.29, 1.82) is 0 Å². The van der Waals surface area contributed by atoms with Gasteiger partial charge in [0.1, 0.15) is 4.90 Å². The molecule has 144 valence electrons. The van der Waals surface area contributed by atoms with Crippen LogP contribution in [0.15, 0.2) is 39.8 Å². The van der Waals surface area contributed by atoms with E-state index in [1.54, 1.807) is 25.5 Å². The molecule has 0 aliphatic heterocycles. The number of sulfonamides is 1. The van der Waals surface area contributed by atoms with Gasteiger partial charge in [0.25, 0.3) is 0 Å². The minimum Gasteiger partial charge on any atom is -0.338 e. The summed E-state index contributed by atoms with van der Waals surface area (Å²) in [5.41, 5.74) is 2.12. The summed E-state index contributed by atoms with van der Waals surface area (Å²) in [5.74, 6) is 0.733. The average molecular weight is 389 g/mol. The molecule has 0 saturated carbocycles. The van der Waals surface area contributed by atoms with Crippen LogP contribution in [0.4, 0.5) is 0 Å². The first-order chi connectivity index (χ1) is 12.8. The van der Waals surface area contributed by atoms with Crippen LogP contribution in [0.3, 0.4) is 0 Å². The molecule has 27 heavy (non-hydrogen) atoms. The van der Waals surface area contributed by atoms with E-state index in [0.29, 0.717) is 30.2 Å². The topological polar surface area (TPSA) is 103 Å². The molecule has 0 radical (unpaired) electrons. The minimum absolute atomic E-state index is 0.195. The van der Waals surface area contributed by atoms with Crippen molar-refractivity contribution in [3.8, 4) is 0 Å². The lowest BCUT2D eigenvalue weighted by Crippen LogP contribution is -2.28. The molecule has 0 amide bonds. The summed E-state index contributed by atoms with van der Waals surface area (Å²) in [4.78, 5) is 4.52. The maximum Gasteiger partial charge on any atom is 0.244 e. The molecular weight excluding hydrogens is 366 g/mol. The first-order valence-electron chi connectivity index (χ1n) is 8.74. The van der Waals surface area contributed by atoms with E-state index in [1.165, 1.54) is 0 Å². The van der Waals surface area contributed by atoms with Crippen molar-refractivity contribution in [1.82, 2.24) is 24.6 Å². The van der Waals surface area contributed by atoms with Gasteiger partial charge in [0.2, 0.25) is 15.9 Å². The van der Waals surface area contributed by atoms with Crippen molar-refractivity contribution >= 4 is 10.0 Å². The van der Waals surface area contributed by atoms with Crippen LogP contribution in [-0.2, 0) is 23.0 Å². The van der Waals surface area contributed by atoms with Gasteiger partial charge in [-0.1, -0.05) is 35.5 Å². The van der Waals surface area contributed by atoms with Crippen molar-refractivity contribution in [2.75, 3.05) is 0 Å². The van der Waals surface area contributed by atoms with Gasteiger partial charge in [0, 0.05) is 13.0 Å². The third kappa shape index (κ3) is 4.09. The molecule has 0 bridgehead atoms. The average Bonchev–Trinajstić information content (AvgIpc) is 3.19. The highest BCUT2D eigenvalue weighted by atomic mass is 32.2. The molecule has 1 N–H and O–H groups in total. The maximum absolute atomic E-state index is 12.8. The highest BCUT2D eigenvalue weighted by molar-refractivity contribution is 7.89. The summed E-state index contributed by atoms with van der Waals surface area (Å²) < 4.78 is 35.2. The molecular formula is C18H23N5O3S. The number of aryl methyl sites for hydroxylation is 2. The summed E-state index contributed by atoms with van der Waals surface area (Å²) in [6.45, 7) is 7.62. The number of aromatic nitrogens is 4. The van der Waals surface area contributed by atoms with Gasteiger partial charge in [0.15, 0.2) is 5.82 Å². The molecule has 0 aliphatic carbocycles. The molecule has 2 aromatic heterocycles. The van der Waals surface area contributed by atoms with Crippen LogP contribution in [-0.4, -0.2) is 28.3 Å². The summed E-state index contributed by atoms with van der Waals surface area (Å²) >= 11 is 0. The lowest BCUT2D eigenvalue weighted by atomic mass is 10.1. The second-order valence-electron chi connectivity index (χ2n) is 6.37. The molecule has 3 aromatic rings. The van der Waals surface area contributed by atoms with E-state index < -0.39 is 16.1 Å². The van der Waals surface area contributed by atoms with Crippen molar-refractivity contribution in [3.63, 3.8) is 0 Å². The number of hydrogen-bond donors (Lipinski definition) is 1. The zero-order valence-corrected chi connectivity index (χ0v) is 16.6. The molecule has 9 heteroatoms. The van der Waals surface area contributed by atoms with E-state index in [2.05, 4.69) is 20.0 Å². The van der Waals surface area contributed by atoms with E-state index in [0.717, 1.165) is 5.56 Å². The summed E-state index contributed by atoms with van der Waals surface area (Å²) in [7, 11) is -3.77. The zero-order chi connectivity index (χ0) is 19.6. The molecule has 0 aliphatic rings. The highest BCUT2D eigenvalue weighted by Crippen LogP contribution is 2.22. The van der Waals surface area contributed by atoms with E-state index in [1.807, 2.05) is 37.3 Å². The Balaban J connectivity index is 1.77. The van der Waals surface area contributed by atoms with Crippen molar-refractivity contribution in [3.05, 3.63) is 59.0 Å². The normalized spacial score (nSPS) is 13.0. The van der Waals surface area contributed by atoms with E-state index >= 15 is 0 Å². The SMILES string of the molecule is CCn1nc(C)c(S(=O)(=O)N[C@@H](C)c2nc(Cc3ccccc3)no2)c1C. The van der Waals surface area contributed by atoms with Gasteiger partial charge >= 0.3 is 0 Å². The summed E-state index contributed by atoms with van der Waals surface area (Å²) in [6, 6.07) is 9.10. The first-order valence-corrected chi connectivity index (χ1v) is 10.2. The largest absolute Gasteiger partial charge is 0.338 e. The number of nitrogens with zero attached hydrogens (tertiary/aromatic N) is 4. The Morgan fingerprint density at radius 3 is 2.56 bits per heavy atom. The molecule has 8 nitrogen and oxygen atoms in total. The summed E-state index contributed by atoms with van der Waals surface area (Å²) in [6.07, 6.45) is 0.519. The molecule has 0 saturated heterocycles. The monoisotopic (exact) mass is 389 g/mol. The Hall–Kier alpha value is -2.52. The molecule has 0 spiro atoms. The minimum atomic E-state index is -3.77. The Bertz CT molecular complexity index is 1020. The Morgan fingerprint density at radius 1 is 1.22 bits per heavy atom. The van der Waals surface area contributed by atoms with Crippen molar-refractivity contribution < 1.29 is 12.9 Å². The third-order valence-corrected chi connectivity index (χ3v) is 6.07. The predicted octanol–water partition coefficient (Wildman–Crippen LogP) is 2.53. The maximum atomic E-state index is 12.8. The number of benzene rings is 1. The molecule has 2 heterocycles. The lowest BCUT2D eigenvalue weighted by molar-refractivity contribution is 0.350. The molecule has 1 atom stereocenters. The fraction of sp³-hybridized carbons (Fsp3) is 0.389. The van der Waals surface area contributed by atoms with E-state index in [9.17, 15) is 8.42 Å². The van der Waals surface area contributed by atoms with Gasteiger partial charge in [-0.2, -0.15) is 14.8 Å². The zero-order valence-electron chi connectivity index (χ0n) is 15.8. The van der Waals surface area contributed by atoms with E-state index in [-0.39, 0.29) is 10.8 Å². The number of rotatable bonds is 7. The Morgan fingerprint density at radius 2 is 1.93 bits per heavy atom. The number of nitrogens with one attached hydrogen (secondary N) is 1. The fourth-order valence-electron chi connectivity index (χ4n) is 3.01. The van der Waals surface area contributed by atoms with Gasteiger partial charge in [0.05, 0.1) is 17.4 Å². The molecule has 0 unspecified atom stereocenters. The van der Waals surface area contributed by atoms with Crippen LogP contribution in [0.25, 0.3) is 0 Å². The lowest BCUT2D eigenvalue weighted by Gasteiger charge is -2.11. The van der Waals surface area contributed by atoms with Gasteiger partial charge < -0.3 is 4.52 Å². The van der Waals surface area contributed by atoms with Crippen LogP contribution in [0, 0.1) is 13.8 Å². The van der Waals surface area contributed by atoms with Gasteiger partial charge in [-0.3, -0.25) is 4.68 Å². The second-order valence-corrected chi connectivity index (χ2v) is 8.02. The molecule has 3 rings (SSSR count). The van der Waals surface area contributed by atoms with Crippen LogP contribution in [0.5, 0.6) is 0 Å². The van der Waals surface area contributed by atoms with Gasteiger partial charge in [-0.05, 0) is 33.3 Å². The van der Waals surface area contributed by atoms with Crippen molar-refractivity contribution in [2.24, 2.45) is 0 Å².